The molecule has 21 heavy (non-hydrogen) atoms. The maximum Gasteiger partial charge on any atom is 0.352 e. The van der Waals surface area contributed by atoms with Crippen LogP contribution in [0.3, 0.4) is 0 Å². The van der Waals surface area contributed by atoms with Gasteiger partial charge < -0.3 is 19.9 Å². The molecule has 1 aliphatic heterocycles. The molecule has 9 heteroatoms. The number of carboxylic acids is 1. The van der Waals surface area contributed by atoms with Gasteiger partial charge >= 0.3 is 5.97 Å². The highest BCUT2D eigenvalue weighted by molar-refractivity contribution is 7.89. The van der Waals surface area contributed by atoms with Gasteiger partial charge in [0.15, 0.2) is 0 Å². The lowest BCUT2D eigenvalue weighted by atomic mass is 10.1. The van der Waals surface area contributed by atoms with Crippen LogP contribution in [0.2, 0.25) is 0 Å². The zero-order valence-electron chi connectivity index (χ0n) is 11.4. The van der Waals surface area contributed by atoms with Crippen LogP contribution in [-0.2, 0) is 14.8 Å². The predicted octanol–water partition coefficient (Wildman–Crippen LogP) is -0.125. The molecule has 0 bridgehead atoms. The Balaban J connectivity index is 2.02. The molecule has 118 valence electrons. The number of aromatic amines is 1. The molecule has 0 saturated carbocycles. The van der Waals surface area contributed by atoms with Crippen molar-refractivity contribution in [2.45, 2.75) is 23.8 Å². The molecular formula is C12H18N2O6S. The number of rotatable bonds is 6. The van der Waals surface area contributed by atoms with Crippen molar-refractivity contribution >= 4 is 16.0 Å². The van der Waals surface area contributed by atoms with Gasteiger partial charge in [-0.3, -0.25) is 0 Å². The summed E-state index contributed by atoms with van der Waals surface area (Å²) >= 11 is 0. The van der Waals surface area contributed by atoms with E-state index in [4.69, 9.17) is 14.9 Å². The minimum Gasteiger partial charge on any atom is -0.477 e. The molecule has 3 N–H and O–H groups in total. The van der Waals surface area contributed by atoms with E-state index >= 15 is 0 Å². The summed E-state index contributed by atoms with van der Waals surface area (Å²) in [6.45, 7) is 0.815. The van der Waals surface area contributed by atoms with Crippen molar-refractivity contribution in [3.8, 4) is 0 Å². The van der Waals surface area contributed by atoms with Gasteiger partial charge in [0.2, 0.25) is 10.0 Å². The van der Waals surface area contributed by atoms with Gasteiger partial charge in [-0.15, -0.1) is 0 Å². The predicted molar refractivity (Wildman–Crippen MR) is 72.6 cm³/mol. The van der Waals surface area contributed by atoms with Crippen molar-refractivity contribution in [2.24, 2.45) is 0 Å². The number of piperidine rings is 1. The topological polar surface area (TPSA) is 120 Å². The average molecular weight is 318 g/mol. The molecule has 0 radical (unpaired) electrons. The summed E-state index contributed by atoms with van der Waals surface area (Å²) in [7, 11) is -3.68. The van der Waals surface area contributed by atoms with Crippen LogP contribution in [0, 0.1) is 0 Å². The van der Waals surface area contributed by atoms with Crippen molar-refractivity contribution in [2.75, 3.05) is 26.3 Å². The number of sulfonamides is 1. The first kappa shape index (κ1) is 16.0. The minimum atomic E-state index is -3.68. The molecule has 8 nitrogen and oxygen atoms in total. The minimum absolute atomic E-state index is 0.0466. The SMILES string of the molecule is O=C(O)c1cc(S(=O)(=O)N2CCC(OCCO)CC2)c[nH]1. The van der Waals surface area contributed by atoms with Gasteiger partial charge in [-0.25, -0.2) is 13.2 Å². The second kappa shape index (κ2) is 6.56. The highest BCUT2D eigenvalue weighted by Crippen LogP contribution is 2.22. The molecule has 1 fully saturated rings. The Hall–Kier alpha value is -1.42. The Morgan fingerprint density at radius 3 is 2.62 bits per heavy atom. The zero-order valence-corrected chi connectivity index (χ0v) is 12.2. The molecule has 1 aliphatic rings. The number of nitrogens with zero attached hydrogens (tertiary/aromatic N) is 1. The van der Waals surface area contributed by atoms with E-state index in [1.165, 1.54) is 10.5 Å². The fraction of sp³-hybridized carbons (Fsp3) is 0.583. The number of hydrogen-bond acceptors (Lipinski definition) is 5. The maximum atomic E-state index is 12.4. The fourth-order valence-corrected chi connectivity index (χ4v) is 3.72. The van der Waals surface area contributed by atoms with Gasteiger partial charge in [0, 0.05) is 19.3 Å². The van der Waals surface area contributed by atoms with Crippen LogP contribution in [-0.4, -0.2) is 66.3 Å². The molecule has 0 spiro atoms. The number of H-pyrrole nitrogens is 1. The smallest absolute Gasteiger partial charge is 0.352 e. The Labute approximate surface area is 122 Å². The zero-order chi connectivity index (χ0) is 15.5. The number of aromatic nitrogens is 1. The van der Waals surface area contributed by atoms with Crippen LogP contribution in [0.1, 0.15) is 23.3 Å². The van der Waals surface area contributed by atoms with Crippen LogP contribution in [0.4, 0.5) is 0 Å². The van der Waals surface area contributed by atoms with Crippen molar-refractivity contribution in [1.82, 2.24) is 9.29 Å². The Kier molecular flexibility index (Phi) is 4.99. The quantitative estimate of drug-likeness (QED) is 0.672. The number of aliphatic hydroxyl groups is 1. The Bertz CT molecular complexity index is 589. The monoisotopic (exact) mass is 318 g/mol. The third kappa shape index (κ3) is 3.62. The Morgan fingerprint density at radius 2 is 2.10 bits per heavy atom. The largest absolute Gasteiger partial charge is 0.477 e. The van der Waals surface area contributed by atoms with E-state index in [9.17, 15) is 13.2 Å². The Morgan fingerprint density at radius 1 is 1.43 bits per heavy atom. The van der Waals surface area contributed by atoms with Gasteiger partial charge in [-0.1, -0.05) is 0 Å². The molecule has 0 atom stereocenters. The summed E-state index contributed by atoms with van der Waals surface area (Å²) in [5.41, 5.74) is -0.158. The van der Waals surface area contributed by atoms with E-state index in [1.54, 1.807) is 0 Å². The standard InChI is InChI=1S/C12H18N2O6S/c15-5-6-20-9-1-3-14(4-2-9)21(18,19)10-7-11(12(16)17)13-8-10/h7-9,13,15H,1-6H2,(H,16,17). The molecule has 2 heterocycles. The normalized spacial score (nSPS) is 18.0. The summed E-state index contributed by atoms with van der Waals surface area (Å²) in [5.74, 6) is -1.20. The molecule has 0 aliphatic carbocycles. The molecule has 0 unspecified atom stereocenters. The van der Waals surface area contributed by atoms with Crippen LogP contribution >= 0.6 is 0 Å². The van der Waals surface area contributed by atoms with Crippen molar-refractivity contribution < 1.29 is 28.2 Å². The van der Waals surface area contributed by atoms with Crippen molar-refractivity contribution in [1.29, 1.82) is 0 Å². The molecule has 1 aromatic rings. The fourth-order valence-electron chi connectivity index (χ4n) is 2.25. The van der Waals surface area contributed by atoms with Gasteiger partial charge in [0.1, 0.15) is 10.6 Å². The van der Waals surface area contributed by atoms with Crippen LogP contribution in [0.5, 0.6) is 0 Å². The summed E-state index contributed by atoms with van der Waals surface area (Å²) < 4.78 is 31.5. The van der Waals surface area contributed by atoms with Crippen LogP contribution < -0.4 is 0 Å². The lowest BCUT2D eigenvalue weighted by Crippen LogP contribution is -2.40. The van der Waals surface area contributed by atoms with E-state index in [0.29, 0.717) is 25.9 Å². The van der Waals surface area contributed by atoms with Crippen LogP contribution in [0.25, 0.3) is 0 Å². The third-order valence-corrected chi connectivity index (χ3v) is 5.25. The first-order chi connectivity index (χ1) is 9.95. The summed E-state index contributed by atoms with van der Waals surface area (Å²) in [6.07, 6.45) is 2.24. The average Bonchev–Trinajstić information content (AvgIpc) is 2.96. The first-order valence-electron chi connectivity index (χ1n) is 6.59. The highest BCUT2D eigenvalue weighted by atomic mass is 32.2. The molecule has 0 aromatic carbocycles. The molecule has 2 rings (SSSR count). The summed E-state index contributed by atoms with van der Waals surface area (Å²) in [4.78, 5) is 13.2. The van der Waals surface area contributed by atoms with E-state index in [0.717, 1.165) is 6.07 Å². The summed E-state index contributed by atoms with van der Waals surface area (Å²) in [5, 5.41) is 17.5. The van der Waals surface area contributed by atoms with Crippen LogP contribution in [0.15, 0.2) is 17.2 Å². The number of aromatic carboxylic acids is 1. The van der Waals surface area contributed by atoms with Crippen molar-refractivity contribution in [3.63, 3.8) is 0 Å². The van der Waals surface area contributed by atoms with Crippen molar-refractivity contribution in [3.05, 3.63) is 18.0 Å². The lowest BCUT2D eigenvalue weighted by molar-refractivity contribution is 0.00318. The second-order valence-electron chi connectivity index (χ2n) is 4.75. The molecule has 0 amide bonds. The summed E-state index contributed by atoms with van der Waals surface area (Å²) in [6, 6.07) is 1.12. The van der Waals surface area contributed by atoms with Gasteiger partial charge in [0.05, 0.1) is 19.3 Å². The highest BCUT2D eigenvalue weighted by Gasteiger charge is 2.30. The maximum absolute atomic E-state index is 12.4. The number of nitrogens with one attached hydrogen (secondary N) is 1. The first-order valence-corrected chi connectivity index (χ1v) is 8.03. The van der Waals surface area contributed by atoms with E-state index < -0.39 is 16.0 Å². The van der Waals surface area contributed by atoms with E-state index in [1.807, 2.05) is 0 Å². The second-order valence-corrected chi connectivity index (χ2v) is 6.69. The third-order valence-electron chi connectivity index (χ3n) is 3.37. The number of carboxylic acid groups (broad SMARTS) is 1. The van der Waals surface area contributed by atoms with Gasteiger partial charge in [0.25, 0.3) is 0 Å². The number of ether oxygens (including phenoxy) is 1. The number of aliphatic hydroxyl groups excluding tert-OH is 1. The molecule has 1 saturated heterocycles. The van der Waals surface area contributed by atoms with Gasteiger partial charge in [-0.05, 0) is 18.9 Å². The van der Waals surface area contributed by atoms with Gasteiger partial charge in [-0.2, -0.15) is 4.31 Å². The molecular weight excluding hydrogens is 300 g/mol. The molecule has 1 aromatic heterocycles. The lowest BCUT2D eigenvalue weighted by Gasteiger charge is -2.30. The number of hydrogen-bond donors (Lipinski definition) is 3. The van der Waals surface area contributed by atoms with E-state index in [2.05, 4.69) is 4.98 Å². The number of carbonyl (C=O) groups is 1. The van der Waals surface area contributed by atoms with E-state index in [-0.39, 0.29) is 29.9 Å².